The van der Waals surface area contributed by atoms with E-state index in [0.29, 0.717) is 5.01 Å². The summed E-state index contributed by atoms with van der Waals surface area (Å²) in [6, 6.07) is 5.76. The minimum Gasteiger partial charge on any atom is -0.476 e. The van der Waals surface area contributed by atoms with Gasteiger partial charge in [0.25, 0.3) is 0 Å². The number of aromatic nitrogens is 2. The second-order valence-corrected chi connectivity index (χ2v) is 4.98. The van der Waals surface area contributed by atoms with Gasteiger partial charge in [-0.2, -0.15) is 0 Å². The average molecular weight is 299 g/mol. The summed E-state index contributed by atoms with van der Waals surface area (Å²) in [6.45, 7) is 1.95. The van der Waals surface area contributed by atoms with Crippen LogP contribution in [0, 0.1) is 6.92 Å². The number of benzene rings is 1. The molecule has 0 bridgehead atoms. The lowest BCUT2D eigenvalue weighted by atomic mass is 10.1. The molecule has 2 rings (SSSR count). The number of hydrogen-bond donors (Lipinski definition) is 1. The minimum absolute atomic E-state index is 0.00477. The summed E-state index contributed by atoms with van der Waals surface area (Å²) in [6.07, 6.45) is 0. The summed E-state index contributed by atoms with van der Waals surface area (Å²) in [5, 5.41) is 16.9. The van der Waals surface area contributed by atoms with E-state index >= 15 is 0 Å². The summed E-state index contributed by atoms with van der Waals surface area (Å²) in [5.74, 6) is -1.05. The van der Waals surface area contributed by atoms with E-state index in [1.165, 1.54) is 0 Å². The molecule has 82 valence electrons. The van der Waals surface area contributed by atoms with Gasteiger partial charge in [0, 0.05) is 10.0 Å². The highest BCUT2D eigenvalue weighted by Gasteiger charge is 2.15. The van der Waals surface area contributed by atoms with Gasteiger partial charge in [0.2, 0.25) is 5.01 Å². The van der Waals surface area contributed by atoms with Crippen molar-refractivity contribution in [1.82, 2.24) is 10.2 Å². The summed E-state index contributed by atoms with van der Waals surface area (Å²) < 4.78 is 0.889. The van der Waals surface area contributed by atoms with E-state index in [-0.39, 0.29) is 5.01 Å². The van der Waals surface area contributed by atoms with E-state index in [1.54, 1.807) is 0 Å². The van der Waals surface area contributed by atoms with Gasteiger partial charge < -0.3 is 5.11 Å². The second kappa shape index (κ2) is 4.31. The van der Waals surface area contributed by atoms with Gasteiger partial charge in [0.1, 0.15) is 5.01 Å². The van der Waals surface area contributed by atoms with Crippen molar-refractivity contribution in [2.45, 2.75) is 6.92 Å². The van der Waals surface area contributed by atoms with Crippen molar-refractivity contribution in [2.24, 2.45) is 0 Å². The van der Waals surface area contributed by atoms with Crippen LogP contribution in [0.15, 0.2) is 22.7 Å². The lowest BCUT2D eigenvalue weighted by Gasteiger charge is -2.03. The number of hydrogen-bond acceptors (Lipinski definition) is 4. The van der Waals surface area contributed by atoms with Gasteiger partial charge in [-0.25, -0.2) is 4.79 Å². The molecule has 0 aliphatic rings. The van der Waals surface area contributed by atoms with Crippen LogP contribution in [0.1, 0.15) is 15.4 Å². The summed E-state index contributed by atoms with van der Waals surface area (Å²) >= 11 is 4.49. The minimum atomic E-state index is -1.05. The van der Waals surface area contributed by atoms with Gasteiger partial charge in [0.15, 0.2) is 0 Å². The lowest BCUT2D eigenvalue weighted by molar-refractivity contribution is 0.0695. The SMILES string of the molecule is Cc1cccc(Br)c1-c1nnc(C(=O)O)s1. The van der Waals surface area contributed by atoms with Crippen LogP contribution in [0.3, 0.4) is 0 Å². The topological polar surface area (TPSA) is 63.1 Å². The monoisotopic (exact) mass is 298 g/mol. The Bertz CT molecular complexity index is 533. The Morgan fingerprint density at radius 3 is 2.75 bits per heavy atom. The second-order valence-electron chi connectivity index (χ2n) is 3.15. The van der Waals surface area contributed by atoms with Crippen LogP contribution in [0.25, 0.3) is 10.6 Å². The number of carboxylic acid groups (broad SMARTS) is 1. The molecule has 0 fully saturated rings. The Kier molecular flexibility index (Phi) is 3.02. The van der Waals surface area contributed by atoms with Gasteiger partial charge in [-0.1, -0.05) is 39.4 Å². The molecule has 0 amide bonds. The number of nitrogens with zero attached hydrogens (tertiary/aromatic N) is 2. The van der Waals surface area contributed by atoms with Crippen LogP contribution in [-0.4, -0.2) is 21.3 Å². The molecule has 0 aliphatic carbocycles. The predicted molar refractivity (Wildman–Crippen MR) is 64.7 cm³/mol. The molecule has 0 spiro atoms. The molecule has 1 aromatic carbocycles. The van der Waals surface area contributed by atoms with Gasteiger partial charge in [-0.15, -0.1) is 10.2 Å². The molecule has 0 saturated heterocycles. The zero-order valence-electron chi connectivity index (χ0n) is 8.27. The first-order valence-corrected chi connectivity index (χ1v) is 6.03. The Morgan fingerprint density at radius 2 is 2.19 bits per heavy atom. The Labute approximate surface area is 104 Å². The van der Waals surface area contributed by atoms with E-state index in [1.807, 2.05) is 25.1 Å². The first-order valence-electron chi connectivity index (χ1n) is 4.42. The molecule has 0 unspecified atom stereocenters. The fourth-order valence-corrected chi connectivity index (χ4v) is 2.90. The summed E-state index contributed by atoms with van der Waals surface area (Å²) in [7, 11) is 0. The molecule has 0 radical (unpaired) electrons. The van der Waals surface area contributed by atoms with Crippen molar-refractivity contribution in [2.75, 3.05) is 0 Å². The maximum atomic E-state index is 10.7. The Hall–Kier alpha value is -1.27. The van der Waals surface area contributed by atoms with Gasteiger partial charge >= 0.3 is 5.97 Å². The molecule has 2 aromatic rings. The Morgan fingerprint density at radius 1 is 1.44 bits per heavy atom. The first kappa shape index (κ1) is 11.2. The van der Waals surface area contributed by atoms with Gasteiger partial charge in [-0.05, 0) is 18.6 Å². The third kappa shape index (κ3) is 1.98. The zero-order valence-corrected chi connectivity index (χ0v) is 10.7. The smallest absolute Gasteiger partial charge is 0.367 e. The largest absolute Gasteiger partial charge is 0.476 e. The molecular formula is C10H7BrN2O2S. The third-order valence-corrected chi connectivity index (χ3v) is 3.63. The van der Waals surface area contributed by atoms with Crippen LogP contribution < -0.4 is 0 Å². The van der Waals surface area contributed by atoms with Crippen LogP contribution in [0.4, 0.5) is 0 Å². The molecular weight excluding hydrogens is 292 g/mol. The molecule has 0 saturated carbocycles. The quantitative estimate of drug-likeness (QED) is 0.926. The molecule has 4 nitrogen and oxygen atoms in total. The molecule has 6 heteroatoms. The number of carboxylic acids is 1. The van der Waals surface area contributed by atoms with Crippen molar-refractivity contribution < 1.29 is 9.90 Å². The highest BCUT2D eigenvalue weighted by Crippen LogP contribution is 2.33. The third-order valence-electron chi connectivity index (χ3n) is 2.04. The van der Waals surface area contributed by atoms with E-state index in [0.717, 1.165) is 26.9 Å². The van der Waals surface area contributed by atoms with E-state index in [2.05, 4.69) is 26.1 Å². The molecule has 0 aliphatic heterocycles. The van der Waals surface area contributed by atoms with Crippen molar-refractivity contribution in [3.8, 4) is 10.6 Å². The molecule has 1 aromatic heterocycles. The van der Waals surface area contributed by atoms with Crippen LogP contribution >= 0.6 is 27.3 Å². The molecule has 16 heavy (non-hydrogen) atoms. The van der Waals surface area contributed by atoms with Gasteiger partial charge in [0.05, 0.1) is 0 Å². The van der Waals surface area contributed by atoms with E-state index < -0.39 is 5.97 Å². The number of rotatable bonds is 2. The standard InChI is InChI=1S/C10H7BrN2O2S/c1-5-3-2-4-6(11)7(5)8-12-13-9(16-8)10(14)15/h2-4H,1H3,(H,14,15). The maximum Gasteiger partial charge on any atom is 0.367 e. The highest BCUT2D eigenvalue weighted by molar-refractivity contribution is 9.10. The molecule has 0 atom stereocenters. The van der Waals surface area contributed by atoms with Crippen LogP contribution in [0.2, 0.25) is 0 Å². The average Bonchev–Trinajstić information content (AvgIpc) is 2.66. The molecule has 1 N–H and O–H groups in total. The number of carbonyl (C=O) groups is 1. The normalized spacial score (nSPS) is 10.4. The number of halogens is 1. The van der Waals surface area contributed by atoms with Crippen molar-refractivity contribution in [3.05, 3.63) is 33.2 Å². The van der Waals surface area contributed by atoms with Crippen molar-refractivity contribution in [1.29, 1.82) is 0 Å². The zero-order chi connectivity index (χ0) is 11.7. The number of aryl methyl sites for hydroxylation is 1. The Balaban J connectivity index is 2.54. The van der Waals surface area contributed by atoms with Crippen molar-refractivity contribution >= 4 is 33.2 Å². The fraction of sp³-hybridized carbons (Fsp3) is 0.100. The summed E-state index contributed by atoms with van der Waals surface area (Å²) in [5.41, 5.74) is 1.93. The first-order chi connectivity index (χ1) is 7.59. The molecule has 1 heterocycles. The number of aromatic carboxylic acids is 1. The van der Waals surface area contributed by atoms with E-state index in [9.17, 15) is 4.79 Å². The lowest BCUT2D eigenvalue weighted by Crippen LogP contribution is -1.93. The highest BCUT2D eigenvalue weighted by atomic mass is 79.9. The van der Waals surface area contributed by atoms with Crippen LogP contribution in [-0.2, 0) is 0 Å². The maximum absolute atomic E-state index is 10.7. The fourth-order valence-electron chi connectivity index (χ4n) is 1.31. The van der Waals surface area contributed by atoms with E-state index in [4.69, 9.17) is 5.11 Å². The van der Waals surface area contributed by atoms with Gasteiger partial charge in [-0.3, -0.25) is 0 Å². The summed E-state index contributed by atoms with van der Waals surface area (Å²) in [4.78, 5) is 10.7. The van der Waals surface area contributed by atoms with Crippen LogP contribution in [0.5, 0.6) is 0 Å². The predicted octanol–water partition coefficient (Wildman–Crippen LogP) is 2.97. The van der Waals surface area contributed by atoms with Crippen molar-refractivity contribution in [3.63, 3.8) is 0 Å².